The van der Waals surface area contributed by atoms with Gasteiger partial charge >= 0.3 is 5.97 Å². The zero-order valence-electron chi connectivity index (χ0n) is 21.3. The lowest BCUT2D eigenvalue weighted by Gasteiger charge is -2.22. The van der Waals surface area contributed by atoms with Crippen LogP contribution in [-0.4, -0.2) is 42.3 Å². The summed E-state index contributed by atoms with van der Waals surface area (Å²) in [5, 5.41) is 12.5. The number of nitrogens with zero attached hydrogens (tertiary/aromatic N) is 1. The van der Waals surface area contributed by atoms with Gasteiger partial charge in [0.15, 0.2) is 5.69 Å². The summed E-state index contributed by atoms with van der Waals surface area (Å²) in [4.78, 5) is 40.6. The van der Waals surface area contributed by atoms with Crippen LogP contribution in [0.25, 0.3) is 0 Å². The lowest BCUT2D eigenvalue weighted by Crippen LogP contribution is -2.36. The molecule has 1 fully saturated rings. The van der Waals surface area contributed by atoms with Gasteiger partial charge in [0.2, 0.25) is 0 Å². The number of pyridine rings is 1. The van der Waals surface area contributed by atoms with Crippen LogP contribution in [0.5, 0.6) is 0 Å². The summed E-state index contributed by atoms with van der Waals surface area (Å²) >= 11 is 0. The highest BCUT2D eigenvalue weighted by molar-refractivity contribution is 7.90. The summed E-state index contributed by atoms with van der Waals surface area (Å²) in [5.74, 6) is -2.20. The van der Waals surface area contributed by atoms with Gasteiger partial charge in [-0.05, 0) is 61.1 Å². The molecule has 2 aromatic rings. The molecule has 0 aliphatic heterocycles. The zero-order valence-corrected chi connectivity index (χ0v) is 22.1. The molecule has 9 nitrogen and oxygen atoms in total. The monoisotopic (exact) mass is 529 g/mol. The molecule has 1 aromatic heterocycles. The highest BCUT2D eigenvalue weighted by Gasteiger charge is 2.23. The van der Waals surface area contributed by atoms with Gasteiger partial charge in [-0.3, -0.25) is 9.59 Å². The molecule has 0 spiro atoms. The van der Waals surface area contributed by atoms with E-state index < -0.39 is 21.9 Å². The Balaban J connectivity index is 1.71. The normalized spacial score (nSPS) is 15.1. The molecule has 0 radical (unpaired) electrons. The van der Waals surface area contributed by atoms with E-state index in [9.17, 15) is 27.9 Å². The second-order valence-electron chi connectivity index (χ2n) is 9.76. The Morgan fingerprint density at radius 1 is 1.05 bits per heavy atom. The maximum Gasteiger partial charge on any atom is 0.354 e. The van der Waals surface area contributed by atoms with Crippen LogP contribution >= 0.6 is 0 Å². The van der Waals surface area contributed by atoms with Crippen molar-refractivity contribution < 1.29 is 27.9 Å². The fraction of sp³-hybridized carbons (Fsp3) is 0.481. The topological polar surface area (TPSA) is 143 Å². The van der Waals surface area contributed by atoms with E-state index in [-0.39, 0.29) is 34.0 Å². The minimum atomic E-state index is -4.23. The second kappa shape index (κ2) is 12.8. The van der Waals surface area contributed by atoms with Crippen LogP contribution in [0.4, 0.5) is 0 Å². The van der Waals surface area contributed by atoms with Gasteiger partial charge in [-0.1, -0.05) is 52.4 Å². The van der Waals surface area contributed by atoms with Gasteiger partial charge in [0.05, 0.1) is 10.5 Å². The van der Waals surface area contributed by atoms with E-state index >= 15 is 0 Å². The van der Waals surface area contributed by atoms with E-state index in [0.717, 1.165) is 51.1 Å². The van der Waals surface area contributed by atoms with Crippen LogP contribution < -0.4 is 10.0 Å². The minimum Gasteiger partial charge on any atom is -0.477 e. The zero-order chi connectivity index (χ0) is 27.0. The van der Waals surface area contributed by atoms with Crippen molar-refractivity contribution in [2.45, 2.75) is 82.6 Å². The van der Waals surface area contributed by atoms with Crippen molar-refractivity contribution in [3.63, 3.8) is 0 Å². The third-order valence-electron chi connectivity index (χ3n) is 6.64. The number of nitrogens with one attached hydrogen (secondary N) is 2. The average molecular weight is 530 g/mol. The Bertz CT molecular complexity index is 1220. The number of amides is 2. The molecule has 37 heavy (non-hydrogen) atoms. The number of sulfonamides is 1. The summed E-state index contributed by atoms with van der Waals surface area (Å²) in [6.07, 6.45) is 9.58. The molecule has 1 aromatic carbocycles. The number of aromatic nitrogens is 1. The van der Waals surface area contributed by atoms with Gasteiger partial charge in [0, 0.05) is 17.8 Å². The molecule has 200 valence electrons. The molecule has 0 saturated heterocycles. The molecular weight excluding hydrogens is 494 g/mol. The van der Waals surface area contributed by atoms with Crippen LogP contribution in [-0.2, 0) is 16.4 Å². The fourth-order valence-electron chi connectivity index (χ4n) is 4.55. The van der Waals surface area contributed by atoms with Gasteiger partial charge in [-0.15, -0.1) is 0 Å². The Labute approximate surface area is 218 Å². The highest BCUT2D eigenvalue weighted by atomic mass is 32.2. The van der Waals surface area contributed by atoms with Crippen molar-refractivity contribution in [1.29, 1.82) is 0 Å². The van der Waals surface area contributed by atoms with E-state index in [1.165, 1.54) is 36.8 Å². The van der Waals surface area contributed by atoms with Crippen LogP contribution in [0.3, 0.4) is 0 Å². The quantitative estimate of drug-likeness (QED) is 0.393. The minimum absolute atomic E-state index is 0.0465. The van der Waals surface area contributed by atoms with E-state index in [1.54, 1.807) is 0 Å². The molecule has 1 unspecified atom stereocenters. The first-order chi connectivity index (χ1) is 17.6. The van der Waals surface area contributed by atoms with Crippen LogP contribution in [0.1, 0.15) is 102 Å². The average Bonchev–Trinajstić information content (AvgIpc) is 2.87. The molecular formula is C27H35N3O6S. The number of carboxylic acid groups (broad SMARTS) is 1. The highest BCUT2D eigenvalue weighted by Crippen LogP contribution is 2.20. The smallest absolute Gasteiger partial charge is 0.354 e. The molecule has 1 aliphatic rings. The Morgan fingerprint density at radius 2 is 1.73 bits per heavy atom. The number of unbranched alkanes of at least 4 members (excludes halogenated alkanes) is 1. The van der Waals surface area contributed by atoms with E-state index in [1.807, 2.05) is 11.6 Å². The van der Waals surface area contributed by atoms with Crippen molar-refractivity contribution in [3.8, 4) is 0 Å². The molecule has 0 bridgehead atoms. The van der Waals surface area contributed by atoms with Crippen molar-refractivity contribution in [2.75, 3.05) is 0 Å². The van der Waals surface area contributed by atoms with Crippen LogP contribution in [0.15, 0.2) is 41.4 Å². The number of benzene rings is 1. The molecule has 1 heterocycles. The maximum atomic E-state index is 12.8. The Morgan fingerprint density at radius 3 is 2.35 bits per heavy atom. The first-order valence-corrected chi connectivity index (χ1v) is 14.3. The van der Waals surface area contributed by atoms with Gasteiger partial charge < -0.3 is 10.4 Å². The van der Waals surface area contributed by atoms with E-state index in [4.69, 9.17) is 0 Å². The number of carbonyl (C=O) groups is 3. The van der Waals surface area contributed by atoms with Crippen LogP contribution in [0.2, 0.25) is 0 Å². The molecule has 1 saturated carbocycles. The lowest BCUT2D eigenvalue weighted by molar-refractivity contribution is 0.0687. The fourth-order valence-corrected chi connectivity index (χ4v) is 5.53. The second-order valence-corrected chi connectivity index (χ2v) is 11.4. The summed E-state index contributed by atoms with van der Waals surface area (Å²) < 4.78 is 27.7. The number of carbonyl (C=O) groups excluding carboxylic acids is 2. The Kier molecular flexibility index (Phi) is 9.79. The van der Waals surface area contributed by atoms with Crippen molar-refractivity contribution in [1.82, 2.24) is 15.0 Å². The largest absolute Gasteiger partial charge is 0.477 e. The Hall–Kier alpha value is -3.27. The first kappa shape index (κ1) is 28.3. The molecule has 2 amide bonds. The molecule has 1 atom stereocenters. The first-order valence-electron chi connectivity index (χ1n) is 12.8. The van der Waals surface area contributed by atoms with Gasteiger partial charge in [-0.2, -0.15) is 0 Å². The number of aromatic carboxylic acids is 1. The maximum absolute atomic E-state index is 12.8. The third kappa shape index (κ3) is 7.85. The third-order valence-corrected chi connectivity index (χ3v) is 7.99. The summed E-state index contributed by atoms with van der Waals surface area (Å²) in [7, 11) is -4.23. The van der Waals surface area contributed by atoms with Crippen molar-refractivity contribution >= 4 is 27.8 Å². The van der Waals surface area contributed by atoms with Gasteiger partial charge in [-0.25, -0.2) is 22.9 Å². The summed E-state index contributed by atoms with van der Waals surface area (Å²) in [6.45, 7) is 4.07. The molecule has 1 aliphatic carbocycles. The number of rotatable bonds is 11. The molecule has 3 rings (SSSR count). The lowest BCUT2D eigenvalue weighted by atomic mass is 9.94. The van der Waals surface area contributed by atoms with Crippen molar-refractivity contribution in [3.05, 3.63) is 58.9 Å². The van der Waals surface area contributed by atoms with E-state index in [2.05, 4.69) is 17.2 Å². The SMILES string of the molecule is CCCCC(C)Cc1cc(C(=O)NS(=O)(=O)c2ccc(C(=O)NC3CCCCC3)cc2)cnc1C(=O)O. The predicted octanol–water partition coefficient (Wildman–Crippen LogP) is 4.33. The number of hydrogen-bond acceptors (Lipinski definition) is 6. The summed E-state index contributed by atoms with van der Waals surface area (Å²) in [6, 6.07) is 6.90. The van der Waals surface area contributed by atoms with Crippen molar-refractivity contribution in [2.24, 2.45) is 5.92 Å². The molecule has 10 heteroatoms. The van der Waals surface area contributed by atoms with E-state index in [0.29, 0.717) is 17.5 Å². The predicted molar refractivity (Wildman–Crippen MR) is 139 cm³/mol. The van der Waals surface area contributed by atoms with Gasteiger partial charge in [0.1, 0.15) is 0 Å². The summed E-state index contributed by atoms with van der Waals surface area (Å²) in [5.41, 5.74) is 0.528. The number of hydrogen-bond donors (Lipinski definition) is 3. The standard InChI is InChI=1S/C27H35N3O6S/c1-3-4-8-18(2)15-20-16-21(17-28-24(20)27(33)34)26(32)30-37(35,36)23-13-11-19(12-14-23)25(31)29-22-9-6-5-7-10-22/h11-14,16-18,22H,3-10,15H2,1-2H3,(H,29,31)(H,30,32)(H,33,34). The molecule has 3 N–H and O–H groups in total. The van der Waals surface area contributed by atoms with Crippen LogP contribution in [0, 0.1) is 5.92 Å². The number of carboxylic acids is 1. The van der Waals surface area contributed by atoms with Gasteiger partial charge in [0.25, 0.3) is 21.8 Å².